The highest BCUT2D eigenvalue weighted by Crippen LogP contribution is 2.34. The van der Waals surface area contributed by atoms with Gasteiger partial charge in [-0.15, -0.1) is 0 Å². The number of amides is 1. The van der Waals surface area contributed by atoms with Crippen LogP contribution in [0.1, 0.15) is 15.9 Å². The Labute approximate surface area is 157 Å². The van der Waals surface area contributed by atoms with E-state index in [-0.39, 0.29) is 24.0 Å². The van der Waals surface area contributed by atoms with Gasteiger partial charge in [0.2, 0.25) is 5.91 Å². The van der Waals surface area contributed by atoms with Crippen molar-refractivity contribution < 1.29 is 28.5 Å². The van der Waals surface area contributed by atoms with Crippen molar-refractivity contribution >= 4 is 17.6 Å². The van der Waals surface area contributed by atoms with E-state index in [9.17, 15) is 9.59 Å². The number of hydrogen-bond acceptors (Lipinski definition) is 6. The maximum Gasteiger partial charge on any atom is 0.340 e. The van der Waals surface area contributed by atoms with E-state index < -0.39 is 5.97 Å². The van der Waals surface area contributed by atoms with Crippen LogP contribution >= 0.6 is 0 Å². The van der Waals surface area contributed by atoms with Crippen molar-refractivity contribution in [3.05, 3.63) is 47.5 Å². The third-order valence-electron chi connectivity index (χ3n) is 4.44. The van der Waals surface area contributed by atoms with Gasteiger partial charge in [-0.1, -0.05) is 18.2 Å². The maximum atomic E-state index is 12.8. The lowest BCUT2D eigenvalue weighted by Gasteiger charge is -2.25. The molecule has 0 spiro atoms. The molecular weight excluding hydrogens is 350 g/mol. The molecule has 3 rings (SSSR count). The fraction of sp³-hybridized carbons (Fsp3) is 0.300. The van der Waals surface area contributed by atoms with Crippen LogP contribution in [0, 0.1) is 5.92 Å². The normalized spacial score (nSPS) is 15.1. The van der Waals surface area contributed by atoms with Crippen LogP contribution in [0.15, 0.2) is 36.4 Å². The number of para-hydroxylation sites is 1. The first-order valence-electron chi connectivity index (χ1n) is 8.43. The highest BCUT2D eigenvalue weighted by Gasteiger charge is 2.27. The Morgan fingerprint density at radius 2 is 1.78 bits per heavy atom. The summed E-state index contributed by atoms with van der Waals surface area (Å²) in [6.07, 6.45) is 0.558. The topological polar surface area (TPSA) is 83.1 Å². The van der Waals surface area contributed by atoms with Crippen LogP contribution in [0.25, 0.3) is 0 Å². The lowest BCUT2D eigenvalue weighted by Crippen LogP contribution is -2.33. The number of rotatable bonds is 5. The monoisotopic (exact) mass is 371 g/mol. The second-order valence-electron chi connectivity index (χ2n) is 6.05. The van der Waals surface area contributed by atoms with Crippen LogP contribution in [0.4, 0.5) is 5.69 Å². The van der Waals surface area contributed by atoms with Crippen molar-refractivity contribution in [2.24, 2.45) is 5.92 Å². The third-order valence-corrected chi connectivity index (χ3v) is 4.44. The summed E-state index contributed by atoms with van der Waals surface area (Å²) in [6, 6.07) is 10.6. The number of benzene rings is 2. The lowest BCUT2D eigenvalue weighted by atomic mass is 9.96. The van der Waals surface area contributed by atoms with Gasteiger partial charge in [0.1, 0.15) is 12.4 Å². The summed E-state index contributed by atoms with van der Waals surface area (Å²) in [5.41, 5.74) is 1.45. The molecule has 0 unspecified atom stereocenters. The number of nitrogens with one attached hydrogen (secondary N) is 1. The van der Waals surface area contributed by atoms with Crippen LogP contribution in [-0.4, -0.2) is 39.8 Å². The summed E-state index contributed by atoms with van der Waals surface area (Å²) in [4.78, 5) is 24.9. The van der Waals surface area contributed by atoms with Crippen molar-refractivity contribution in [1.29, 1.82) is 0 Å². The van der Waals surface area contributed by atoms with Gasteiger partial charge < -0.3 is 24.3 Å². The second kappa shape index (κ2) is 7.99. The number of fused-ring (bicyclic) bond motifs is 1. The fourth-order valence-corrected chi connectivity index (χ4v) is 2.99. The van der Waals surface area contributed by atoms with Crippen molar-refractivity contribution in [1.82, 2.24) is 0 Å². The minimum absolute atomic E-state index is 0.181. The molecular formula is C20H21NO6. The molecule has 0 aromatic heterocycles. The van der Waals surface area contributed by atoms with Crippen molar-refractivity contribution in [3.8, 4) is 17.2 Å². The van der Waals surface area contributed by atoms with Gasteiger partial charge >= 0.3 is 5.97 Å². The SMILES string of the molecule is COC(=O)c1cc(OC)c(OC)cc1NC(=O)[C@@H]1COc2ccccc2C1. The average Bonchev–Trinajstić information content (AvgIpc) is 2.72. The molecule has 1 N–H and O–H groups in total. The average molecular weight is 371 g/mol. The lowest BCUT2D eigenvalue weighted by molar-refractivity contribution is -0.121. The molecule has 1 heterocycles. The number of carbonyl (C=O) groups excluding carboxylic acids is 2. The van der Waals surface area contributed by atoms with Crippen LogP contribution in [-0.2, 0) is 16.0 Å². The molecule has 7 nitrogen and oxygen atoms in total. The summed E-state index contributed by atoms with van der Waals surface area (Å²) in [5.74, 6) is 0.344. The molecule has 0 bridgehead atoms. The van der Waals surface area contributed by atoms with Crippen LogP contribution < -0.4 is 19.5 Å². The Morgan fingerprint density at radius 1 is 1.07 bits per heavy atom. The molecule has 142 valence electrons. The molecule has 0 saturated heterocycles. The zero-order valence-electron chi connectivity index (χ0n) is 15.4. The van der Waals surface area contributed by atoms with Crippen molar-refractivity contribution in [2.75, 3.05) is 33.3 Å². The van der Waals surface area contributed by atoms with Gasteiger partial charge in [0.05, 0.1) is 38.5 Å². The molecule has 1 aliphatic rings. The number of carbonyl (C=O) groups is 2. The quantitative estimate of drug-likeness (QED) is 0.814. The van der Waals surface area contributed by atoms with Gasteiger partial charge in [-0.25, -0.2) is 4.79 Å². The molecule has 2 aromatic carbocycles. The first-order valence-corrected chi connectivity index (χ1v) is 8.43. The first kappa shape index (κ1) is 18.6. The number of esters is 1. The summed E-state index contributed by atoms with van der Waals surface area (Å²) >= 11 is 0. The van der Waals surface area contributed by atoms with Gasteiger partial charge in [-0.2, -0.15) is 0 Å². The number of anilines is 1. The summed E-state index contributed by atoms with van der Waals surface area (Å²) in [6.45, 7) is 0.268. The molecule has 0 aliphatic carbocycles. The molecule has 1 atom stereocenters. The Kier molecular flexibility index (Phi) is 5.49. The second-order valence-corrected chi connectivity index (χ2v) is 6.05. The molecule has 0 saturated carbocycles. The minimum atomic E-state index is -0.587. The zero-order valence-corrected chi connectivity index (χ0v) is 15.4. The first-order chi connectivity index (χ1) is 13.1. The van der Waals surface area contributed by atoms with Gasteiger partial charge in [0, 0.05) is 12.1 Å². The maximum absolute atomic E-state index is 12.8. The Bertz CT molecular complexity index is 864. The van der Waals surface area contributed by atoms with E-state index in [1.165, 1.54) is 27.4 Å². The van der Waals surface area contributed by atoms with Crippen LogP contribution in [0.5, 0.6) is 17.2 Å². The number of ether oxygens (including phenoxy) is 4. The predicted molar refractivity (Wildman–Crippen MR) is 98.6 cm³/mol. The smallest absolute Gasteiger partial charge is 0.340 e. The molecule has 2 aromatic rings. The largest absolute Gasteiger partial charge is 0.493 e. The summed E-state index contributed by atoms with van der Waals surface area (Å²) in [5, 5.41) is 2.80. The van der Waals surface area contributed by atoms with Crippen molar-refractivity contribution in [2.45, 2.75) is 6.42 Å². The predicted octanol–water partition coefficient (Wildman–Crippen LogP) is 2.68. The van der Waals surface area contributed by atoms with Crippen LogP contribution in [0.3, 0.4) is 0 Å². The summed E-state index contributed by atoms with van der Waals surface area (Å²) in [7, 11) is 4.22. The summed E-state index contributed by atoms with van der Waals surface area (Å²) < 4.78 is 21.0. The molecule has 0 radical (unpaired) electrons. The highest BCUT2D eigenvalue weighted by atomic mass is 16.5. The Balaban J connectivity index is 1.86. The minimum Gasteiger partial charge on any atom is -0.493 e. The van der Waals surface area contributed by atoms with E-state index in [4.69, 9.17) is 18.9 Å². The van der Waals surface area contributed by atoms with Gasteiger partial charge in [0.15, 0.2) is 11.5 Å². The number of methoxy groups -OCH3 is 3. The standard InChI is InChI=1S/C20H21NO6/c1-24-17-9-14(20(23)26-3)15(10-18(17)25-2)21-19(22)13-8-12-6-4-5-7-16(12)27-11-13/h4-7,9-10,13H,8,11H2,1-3H3,(H,21,22)/t13-/m0/s1. The van der Waals surface area contributed by atoms with E-state index in [0.29, 0.717) is 23.6 Å². The molecule has 27 heavy (non-hydrogen) atoms. The third kappa shape index (κ3) is 3.81. The van der Waals surface area contributed by atoms with E-state index in [0.717, 1.165) is 11.3 Å². The van der Waals surface area contributed by atoms with Gasteiger partial charge in [-0.05, 0) is 18.1 Å². The van der Waals surface area contributed by atoms with E-state index in [1.807, 2.05) is 24.3 Å². The van der Waals surface area contributed by atoms with Gasteiger partial charge in [-0.3, -0.25) is 4.79 Å². The zero-order chi connectivity index (χ0) is 19.4. The highest BCUT2D eigenvalue weighted by molar-refractivity contribution is 6.03. The Morgan fingerprint density at radius 3 is 2.48 bits per heavy atom. The number of hydrogen-bond donors (Lipinski definition) is 1. The Hall–Kier alpha value is -3.22. The van der Waals surface area contributed by atoms with Crippen molar-refractivity contribution in [3.63, 3.8) is 0 Å². The molecule has 0 fully saturated rings. The van der Waals surface area contributed by atoms with E-state index in [2.05, 4.69) is 5.32 Å². The molecule has 1 amide bonds. The molecule has 7 heteroatoms. The van der Waals surface area contributed by atoms with E-state index >= 15 is 0 Å². The van der Waals surface area contributed by atoms with Gasteiger partial charge in [0.25, 0.3) is 0 Å². The van der Waals surface area contributed by atoms with E-state index in [1.54, 1.807) is 6.07 Å². The fourth-order valence-electron chi connectivity index (χ4n) is 2.99. The van der Waals surface area contributed by atoms with Crippen LogP contribution in [0.2, 0.25) is 0 Å². The molecule has 1 aliphatic heterocycles.